The summed E-state index contributed by atoms with van der Waals surface area (Å²) in [5, 5.41) is 3.00. The average molecular weight is 447 g/mol. The molecule has 0 aromatic heterocycles. The van der Waals surface area contributed by atoms with Crippen LogP contribution in [0.2, 0.25) is 5.02 Å². The highest BCUT2D eigenvalue weighted by atomic mass is 35.5. The molecule has 0 aliphatic carbocycles. The van der Waals surface area contributed by atoms with Crippen LogP contribution in [0.15, 0.2) is 42.1 Å². The van der Waals surface area contributed by atoms with E-state index in [0.717, 1.165) is 0 Å². The fourth-order valence-electron chi connectivity index (χ4n) is 3.06. The number of amides is 2. The first-order chi connectivity index (χ1) is 14.9. The van der Waals surface area contributed by atoms with Crippen molar-refractivity contribution < 1.29 is 23.8 Å². The first-order valence-corrected chi connectivity index (χ1v) is 10.1. The predicted molar refractivity (Wildman–Crippen MR) is 121 cm³/mol. The summed E-state index contributed by atoms with van der Waals surface area (Å²) in [6.45, 7) is 4.70. The van der Waals surface area contributed by atoms with Gasteiger partial charge >= 0.3 is 0 Å². The summed E-state index contributed by atoms with van der Waals surface area (Å²) < 4.78 is 16.2. The van der Waals surface area contributed by atoms with Crippen LogP contribution in [0.25, 0.3) is 6.08 Å². The fraction of sp³-hybridized carbons (Fsp3) is 0.304. The van der Waals surface area contributed by atoms with Crippen LogP contribution in [-0.4, -0.2) is 51.1 Å². The topological polar surface area (TPSA) is 77.1 Å². The highest BCUT2D eigenvalue weighted by Crippen LogP contribution is 2.40. The second-order valence-corrected chi connectivity index (χ2v) is 6.80. The zero-order chi connectivity index (χ0) is 23.0. The van der Waals surface area contributed by atoms with Gasteiger partial charge in [-0.25, -0.2) is 0 Å². The Hall–Kier alpha value is -3.19. The highest BCUT2D eigenvalue weighted by molar-refractivity contribution is 6.34. The van der Waals surface area contributed by atoms with Crippen LogP contribution in [0.5, 0.6) is 17.2 Å². The van der Waals surface area contributed by atoms with E-state index in [-0.39, 0.29) is 17.2 Å². The van der Waals surface area contributed by atoms with E-state index in [4.69, 9.17) is 25.8 Å². The quantitative estimate of drug-likeness (QED) is 0.589. The van der Waals surface area contributed by atoms with Gasteiger partial charge in [0.15, 0.2) is 11.5 Å². The first-order valence-electron chi connectivity index (χ1n) is 9.77. The largest absolute Gasteiger partial charge is 0.493 e. The zero-order valence-electron chi connectivity index (χ0n) is 18.3. The van der Waals surface area contributed by atoms with Gasteiger partial charge in [-0.3, -0.25) is 9.59 Å². The molecule has 1 N–H and O–H groups in total. The molecule has 31 heavy (non-hydrogen) atoms. The number of nitrogens with one attached hydrogen (secondary N) is 1. The Labute approximate surface area is 187 Å². The minimum atomic E-state index is -0.489. The molecule has 7 nitrogen and oxygen atoms in total. The number of methoxy groups -OCH3 is 3. The minimum absolute atomic E-state index is 0.0825. The van der Waals surface area contributed by atoms with Crippen LogP contribution in [0.3, 0.4) is 0 Å². The Bertz CT molecular complexity index is 970. The van der Waals surface area contributed by atoms with Crippen molar-refractivity contribution in [3.05, 3.63) is 58.2 Å². The molecule has 0 fully saturated rings. The van der Waals surface area contributed by atoms with Crippen molar-refractivity contribution in [1.29, 1.82) is 0 Å². The summed E-state index contributed by atoms with van der Waals surface area (Å²) in [5.41, 5.74) is 0.885. The molecule has 0 heterocycles. The van der Waals surface area contributed by atoms with E-state index in [9.17, 15) is 9.59 Å². The Balaban J connectivity index is 2.58. The molecule has 2 rings (SSSR count). The van der Waals surface area contributed by atoms with Gasteiger partial charge in [-0.05, 0) is 44.2 Å². The maximum atomic E-state index is 13.2. The van der Waals surface area contributed by atoms with Gasteiger partial charge in [0.2, 0.25) is 5.75 Å². The lowest BCUT2D eigenvalue weighted by atomic mass is 10.1. The number of hydrogen-bond donors (Lipinski definition) is 1. The van der Waals surface area contributed by atoms with Crippen LogP contribution in [-0.2, 0) is 4.79 Å². The summed E-state index contributed by atoms with van der Waals surface area (Å²) in [6, 6.07) is 10.1. The maximum Gasteiger partial charge on any atom is 0.270 e. The molecule has 0 atom stereocenters. The Morgan fingerprint density at radius 1 is 0.968 bits per heavy atom. The molecule has 0 spiro atoms. The van der Waals surface area contributed by atoms with Crippen molar-refractivity contribution in [2.45, 2.75) is 13.8 Å². The van der Waals surface area contributed by atoms with Crippen molar-refractivity contribution in [2.24, 2.45) is 0 Å². The number of hydrogen-bond acceptors (Lipinski definition) is 5. The second kappa shape index (κ2) is 11.3. The molecular weight excluding hydrogens is 420 g/mol. The molecule has 8 heteroatoms. The molecule has 0 radical (unpaired) electrons. The van der Waals surface area contributed by atoms with Gasteiger partial charge < -0.3 is 24.4 Å². The summed E-state index contributed by atoms with van der Waals surface area (Å²) >= 11 is 6.15. The van der Waals surface area contributed by atoms with Crippen LogP contribution in [0.1, 0.15) is 29.8 Å². The van der Waals surface area contributed by atoms with E-state index in [2.05, 4.69) is 5.32 Å². The average Bonchev–Trinajstić information content (AvgIpc) is 2.78. The van der Waals surface area contributed by atoms with E-state index in [0.29, 0.717) is 40.9 Å². The fourth-order valence-corrected chi connectivity index (χ4v) is 3.28. The molecular formula is C23H27ClN2O5. The third-order valence-electron chi connectivity index (χ3n) is 4.68. The van der Waals surface area contributed by atoms with Crippen LogP contribution in [0, 0.1) is 0 Å². The SMILES string of the molecule is CCN(CC)C(=O)/C(=C/c1ccc(OC)c(OC)c1OC)NC(=O)c1ccccc1Cl. The Morgan fingerprint density at radius 2 is 1.61 bits per heavy atom. The van der Waals surface area contributed by atoms with E-state index in [1.165, 1.54) is 21.3 Å². The van der Waals surface area contributed by atoms with Gasteiger partial charge in [-0.2, -0.15) is 0 Å². The van der Waals surface area contributed by atoms with Crippen molar-refractivity contribution in [3.63, 3.8) is 0 Å². The predicted octanol–water partition coefficient (Wildman–Crippen LogP) is 4.01. The van der Waals surface area contributed by atoms with Crippen molar-refractivity contribution in [3.8, 4) is 17.2 Å². The molecule has 2 amide bonds. The summed E-state index contributed by atoms with van der Waals surface area (Å²) in [7, 11) is 4.50. The van der Waals surface area contributed by atoms with Gasteiger partial charge in [0.1, 0.15) is 5.70 Å². The van der Waals surface area contributed by atoms with E-state index in [1.54, 1.807) is 47.4 Å². The van der Waals surface area contributed by atoms with Crippen LogP contribution < -0.4 is 19.5 Å². The number of benzene rings is 2. The smallest absolute Gasteiger partial charge is 0.270 e. The minimum Gasteiger partial charge on any atom is -0.493 e. The molecule has 0 saturated carbocycles. The molecule has 0 unspecified atom stereocenters. The normalized spacial score (nSPS) is 11.0. The second-order valence-electron chi connectivity index (χ2n) is 6.39. The van der Waals surface area contributed by atoms with Crippen molar-refractivity contribution in [1.82, 2.24) is 10.2 Å². The molecule has 2 aromatic rings. The number of carbonyl (C=O) groups is 2. The third-order valence-corrected chi connectivity index (χ3v) is 5.01. The standard InChI is InChI=1S/C23H27ClN2O5/c1-6-26(7-2)23(28)18(25-22(27)16-10-8-9-11-17(16)24)14-15-12-13-19(29-3)21(31-5)20(15)30-4/h8-14H,6-7H2,1-5H3,(H,25,27)/b18-14-. The number of nitrogens with zero attached hydrogens (tertiary/aromatic N) is 1. The van der Waals surface area contributed by atoms with Crippen molar-refractivity contribution in [2.75, 3.05) is 34.4 Å². The van der Waals surface area contributed by atoms with Gasteiger partial charge in [0, 0.05) is 18.7 Å². The highest BCUT2D eigenvalue weighted by Gasteiger charge is 2.22. The monoisotopic (exact) mass is 446 g/mol. The summed E-state index contributed by atoms with van der Waals surface area (Å²) in [6.07, 6.45) is 1.55. The zero-order valence-corrected chi connectivity index (χ0v) is 19.1. The van der Waals surface area contributed by atoms with Crippen molar-refractivity contribution >= 4 is 29.5 Å². The molecule has 0 aliphatic heterocycles. The van der Waals surface area contributed by atoms with E-state index < -0.39 is 5.91 Å². The molecule has 2 aromatic carbocycles. The molecule has 0 bridgehead atoms. The van der Waals surface area contributed by atoms with Gasteiger partial charge in [0.05, 0.1) is 31.9 Å². The van der Waals surface area contributed by atoms with Crippen LogP contribution in [0.4, 0.5) is 0 Å². The summed E-state index contributed by atoms with van der Waals surface area (Å²) in [5.74, 6) is 0.414. The molecule has 0 saturated heterocycles. The number of likely N-dealkylation sites (N-methyl/N-ethyl adjacent to an activating group) is 1. The number of halogens is 1. The van der Waals surface area contributed by atoms with Gasteiger partial charge in [-0.1, -0.05) is 23.7 Å². The number of carbonyl (C=O) groups excluding carboxylic acids is 2. The lowest BCUT2D eigenvalue weighted by Gasteiger charge is -2.21. The lowest BCUT2D eigenvalue weighted by molar-refractivity contribution is -0.127. The van der Waals surface area contributed by atoms with Gasteiger partial charge in [-0.15, -0.1) is 0 Å². The number of rotatable bonds is 9. The third kappa shape index (κ3) is 5.49. The van der Waals surface area contributed by atoms with E-state index in [1.807, 2.05) is 13.8 Å². The van der Waals surface area contributed by atoms with Gasteiger partial charge in [0.25, 0.3) is 11.8 Å². The first kappa shape index (κ1) is 24.1. The lowest BCUT2D eigenvalue weighted by Crippen LogP contribution is -2.38. The summed E-state index contributed by atoms with van der Waals surface area (Å²) in [4.78, 5) is 27.6. The maximum absolute atomic E-state index is 13.2. The Morgan fingerprint density at radius 3 is 2.16 bits per heavy atom. The molecule has 166 valence electrons. The number of ether oxygens (including phenoxy) is 3. The molecule has 0 aliphatic rings. The van der Waals surface area contributed by atoms with E-state index >= 15 is 0 Å². The Kier molecular flexibility index (Phi) is 8.75. The van der Waals surface area contributed by atoms with Crippen LogP contribution >= 0.6 is 11.6 Å².